The van der Waals surface area contributed by atoms with Gasteiger partial charge in [0.25, 0.3) is 0 Å². The van der Waals surface area contributed by atoms with Crippen molar-refractivity contribution < 1.29 is 9.84 Å². The number of rotatable bonds is 4. The number of hydrogen-bond acceptors (Lipinski definition) is 6. The Hall–Kier alpha value is -2.16. The van der Waals surface area contributed by atoms with Gasteiger partial charge >= 0.3 is 0 Å². The fraction of sp³-hybridized carbons (Fsp3) is 0.294. The van der Waals surface area contributed by atoms with Gasteiger partial charge in [0.2, 0.25) is 0 Å². The average molecular weight is 404 g/mol. The molecule has 0 aliphatic carbocycles. The maximum atomic E-state index is 9.52. The predicted molar refractivity (Wildman–Crippen MR) is 99.5 cm³/mol. The van der Waals surface area contributed by atoms with E-state index in [4.69, 9.17) is 4.74 Å². The Balaban J connectivity index is 1.57. The third kappa shape index (κ3) is 3.33. The van der Waals surface area contributed by atoms with Crippen molar-refractivity contribution in [3.63, 3.8) is 0 Å². The average Bonchev–Trinajstić information content (AvgIpc) is 3.11. The second kappa shape index (κ2) is 6.99. The van der Waals surface area contributed by atoms with Crippen LogP contribution in [0.5, 0.6) is 0 Å². The lowest BCUT2D eigenvalue weighted by molar-refractivity contribution is 0.0727. The van der Waals surface area contributed by atoms with Crippen LogP contribution in [0.4, 0.5) is 17.2 Å². The van der Waals surface area contributed by atoms with Gasteiger partial charge in [-0.1, -0.05) is 0 Å². The van der Waals surface area contributed by atoms with Crippen LogP contribution in [0.2, 0.25) is 0 Å². The van der Waals surface area contributed by atoms with E-state index in [0.29, 0.717) is 19.0 Å². The number of nitrogens with one attached hydrogen (secondary N) is 1. The summed E-state index contributed by atoms with van der Waals surface area (Å²) in [6.07, 6.45) is 5.48. The Morgan fingerprint density at radius 1 is 1.32 bits per heavy atom. The van der Waals surface area contributed by atoms with Crippen molar-refractivity contribution in [2.24, 2.45) is 0 Å². The molecule has 8 heteroatoms. The molecule has 1 aliphatic heterocycles. The van der Waals surface area contributed by atoms with Crippen LogP contribution >= 0.6 is 15.9 Å². The van der Waals surface area contributed by atoms with E-state index >= 15 is 0 Å². The summed E-state index contributed by atoms with van der Waals surface area (Å²) in [6.45, 7) is 2.09. The number of imidazole rings is 1. The molecule has 4 rings (SSSR count). The highest BCUT2D eigenvalue weighted by atomic mass is 79.9. The number of aliphatic hydroxyl groups excluding tert-OH is 1. The number of anilines is 3. The van der Waals surface area contributed by atoms with E-state index in [1.807, 2.05) is 41.1 Å². The normalized spacial score (nSPS) is 17.8. The highest BCUT2D eigenvalue weighted by molar-refractivity contribution is 9.10. The summed E-state index contributed by atoms with van der Waals surface area (Å²) in [4.78, 5) is 11.0. The van der Waals surface area contributed by atoms with Gasteiger partial charge in [-0.2, -0.15) is 0 Å². The standard InChI is InChI=1S/C17H18BrN5O2/c18-15-9-22-6-5-19-17(22)16(21-15)20-12-1-3-13(4-2-12)23-7-8-25-11-14(23)10-24/h1-6,9,14,24H,7-8,10-11H2,(H,20,21)/t14-/m1/s1. The first kappa shape index (κ1) is 16.3. The van der Waals surface area contributed by atoms with Gasteiger partial charge in [-0.05, 0) is 40.2 Å². The number of ether oxygens (including phenoxy) is 1. The zero-order valence-corrected chi connectivity index (χ0v) is 15.1. The lowest BCUT2D eigenvalue weighted by Crippen LogP contribution is -2.47. The van der Waals surface area contributed by atoms with Crippen molar-refractivity contribution in [3.8, 4) is 0 Å². The van der Waals surface area contributed by atoms with Crippen LogP contribution in [0, 0.1) is 0 Å². The first-order valence-corrected chi connectivity index (χ1v) is 8.85. The fourth-order valence-electron chi connectivity index (χ4n) is 3.00. The van der Waals surface area contributed by atoms with Crippen LogP contribution in [0.15, 0.2) is 47.5 Å². The third-order valence-corrected chi connectivity index (χ3v) is 4.63. The number of benzene rings is 1. The van der Waals surface area contributed by atoms with Crippen molar-refractivity contribution >= 4 is 38.8 Å². The first-order valence-electron chi connectivity index (χ1n) is 8.06. The van der Waals surface area contributed by atoms with E-state index in [0.717, 1.165) is 28.2 Å². The molecule has 1 fully saturated rings. The van der Waals surface area contributed by atoms with Gasteiger partial charge in [0, 0.05) is 36.5 Å². The van der Waals surface area contributed by atoms with E-state index in [-0.39, 0.29) is 12.6 Å². The van der Waals surface area contributed by atoms with Crippen LogP contribution in [0.25, 0.3) is 5.65 Å². The SMILES string of the molecule is OC[C@@H]1COCCN1c1ccc(Nc2nc(Br)cn3ccnc23)cc1. The molecule has 2 N–H and O–H groups in total. The summed E-state index contributed by atoms with van der Waals surface area (Å²) >= 11 is 3.42. The summed E-state index contributed by atoms with van der Waals surface area (Å²) in [5.74, 6) is 0.687. The molecule has 0 bridgehead atoms. The zero-order valence-electron chi connectivity index (χ0n) is 13.5. The van der Waals surface area contributed by atoms with Crippen LogP contribution < -0.4 is 10.2 Å². The minimum absolute atomic E-state index is 0.00356. The quantitative estimate of drug-likeness (QED) is 0.696. The highest BCUT2D eigenvalue weighted by Crippen LogP contribution is 2.25. The maximum absolute atomic E-state index is 9.52. The molecule has 1 aliphatic rings. The molecule has 0 spiro atoms. The lowest BCUT2D eigenvalue weighted by atomic mass is 10.2. The van der Waals surface area contributed by atoms with Crippen LogP contribution in [0.1, 0.15) is 0 Å². The largest absolute Gasteiger partial charge is 0.394 e. The summed E-state index contributed by atoms with van der Waals surface area (Å²) in [7, 11) is 0. The van der Waals surface area contributed by atoms with E-state index in [9.17, 15) is 5.11 Å². The zero-order chi connectivity index (χ0) is 17.2. The van der Waals surface area contributed by atoms with E-state index in [2.05, 4.69) is 36.1 Å². The third-order valence-electron chi connectivity index (χ3n) is 4.24. The molecule has 1 atom stereocenters. The van der Waals surface area contributed by atoms with Crippen molar-refractivity contribution in [3.05, 3.63) is 47.5 Å². The molecule has 25 heavy (non-hydrogen) atoms. The van der Waals surface area contributed by atoms with Gasteiger partial charge in [-0.15, -0.1) is 0 Å². The van der Waals surface area contributed by atoms with Crippen LogP contribution in [0.3, 0.4) is 0 Å². The van der Waals surface area contributed by atoms with Gasteiger partial charge in [-0.3, -0.25) is 0 Å². The number of hydrogen-bond donors (Lipinski definition) is 2. The molecule has 2 aromatic heterocycles. The molecule has 3 heterocycles. The molecule has 7 nitrogen and oxygen atoms in total. The Morgan fingerprint density at radius 2 is 2.16 bits per heavy atom. The molecular weight excluding hydrogens is 386 g/mol. The molecule has 0 radical (unpaired) electrons. The molecule has 3 aromatic rings. The van der Waals surface area contributed by atoms with Gasteiger partial charge in [0.05, 0.1) is 25.9 Å². The summed E-state index contributed by atoms with van der Waals surface area (Å²) in [5.41, 5.74) is 2.76. The Bertz CT molecular complexity index is 867. The van der Waals surface area contributed by atoms with Crippen molar-refractivity contribution in [1.29, 1.82) is 0 Å². The fourth-order valence-corrected chi connectivity index (χ4v) is 3.40. The van der Waals surface area contributed by atoms with Crippen molar-refractivity contribution in [1.82, 2.24) is 14.4 Å². The summed E-state index contributed by atoms with van der Waals surface area (Å²) in [5, 5.41) is 12.8. The number of aliphatic hydroxyl groups is 1. The van der Waals surface area contributed by atoms with Crippen LogP contribution in [-0.4, -0.2) is 51.9 Å². The second-order valence-electron chi connectivity index (χ2n) is 5.85. The van der Waals surface area contributed by atoms with Crippen LogP contribution in [-0.2, 0) is 4.74 Å². The number of morpholine rings is 1. The predicted octanol–water partition coefficient (Wildman–Crippen LogP) is 2.43. The van der Waals surface area contributed by atoms with E-state index in [1.165, 1.54) is 0 Å². The maximum Gasteiger partial charge on any atom is 0.180 e. The molecular formula is C17H18BrN5O2. The Labute approximate surface area is 153 Å². The van der Waals surface area contributed by atoms with Crippen molar-refractivity contribution in [2.75, 3.05) is 36.6 Å². The Kier molecular flexibility index (Phi) is 4.56. The Morgan fingerprint density at radius 3 is 2.96 bits per heavy atom. The van der Waals surface area contributed by atoms with Crippen molar-refractivity contribution in [2.45, 2.75) is 6.04 Å². The van der Waals surface area contributed by atoms with E-state index < -0.39 is 0 Å². The molecule has 0 amide bonds. The first-order chi connectivity index (χ1) is 12.2. The number of halogens is 1. The number of nitrogens with zero attached hydrogens (tertiary/aromatic N) is 4. The summed E-state index contributed by atoms with van der Waals surface area (Å²) in [6, 6.07) is 8.08. The number of aromatic nitrogens is 3. The molecule has 0 unspecified atom stereocenters. The van der Waals surface area contributed by atoms with E-state index in [1.54, 1.807) is 6.20 Å². The topological polar surface area (TPSA) is 74.9 Å². The molecule has 1 aromatic carbocycles. The second-order valence-corrected chi connectivity index (χ2v) is 6.66. The van der Waals surface area contributed by atoms with Gasteiger partial charge in [-0.25, -0.2) is 9.97 Å². The molecule has 1 saturated heterocycles. The smallest absolute Gasteiger partial charge is 0.180 e. The molecule has 0 saturated carbocycles. The number of fused-ring (bicyclic) bond motifs is 1. The van der Waals surface area contributed by atoms with Gasteiger partial charge in [0.15, 0.2) is 11.5 Å². The molecule has 130 valence electrons. The summed E-state index contributed by atoms with van der Waals surface area (Å²) < 4.78 is 8.08. The minimum Gasteiger partial charge on any atom is -0.394 e. The van der Waals surface area contributed by atoms with Gasteiger partial charge in [0.1, 0.15) is 4.60 Å². The highest BCUT2D eigenvalue weighted by Gasteiger charge is 2.22. The monoisotopic (exact) mass is 403 g/mol. The minimum atomic E-state index is 0.00356. The lowest BCUT2D eigenvalue weighted by Gasteiger charge is -2.36. The van der Waals surface area contributed by atoms with Gasteiger partial charge < -0.3 is 24.5 Å².